The molecule has 31 heavy (non-hydrogen) atoms. The van der Waals surface area contributed by atoms with Gasteiger partial charge >= 0.3 is 5.97 Å². The smallest absolute Gasteiger partial charge is 0.332 e. The van der Waals surface area contributed by atoms with E-state index >= 15 is 0 Å². The zero-order valence-corrected chi connectivity index (χ0v) is 18.5. The first-order chi connectivity index (χ1) is 14.9. The third kappa shape index (κ3) is 5.50. The van der Waals surface area contributed by atoms with Gasteiger partial charge in [-0.05, 0) is 57.9 Å². The first-order valence-electron chi connectivity index (χ1n) is 11.0. The minimum absolute atomic E-state index is 0.00624. The number of ether oxygens (including phenoxy) is 2. The van der Waals surface area contributed by atoms with Crippen LogP contribution in [-0.4, -0.2) is 34.2 Å². The van der Waals surface area contributed by atoms with E-state index < -0.39 is 5.60 Å². The molecular formula is C25H30N2O4. The molecule has 3 aromatic rings. The fourth-order valence-corrected chi connectivity index (χ4v) is 4.33. The maximum Gasteiger partial charge on any atom is 0.332 e. The van der Waals surface area contributed by atoms with Crippen LogP contribution in [0.5, 0.6) is 0 Å². The summed E-state index contributed by atoms with van der Waals surface area (Å²) in [5, 5.41) is 0.991. The Morgan fingerprint density at radius 1 is 1.16 bits per heavy atom. The minimum Gasteiger partial charge on any atom is -0.458 e. The number of furan rings is 1. The summed E-state index contributed by atoms with van der Waals surface area (Å²) < 4.78 is 17.0. The molecule has 4 rings (SSSR count). The van der Waals surface area contributed by atoms with Crippen LogP contribution >= 0.6 is 0 Å². The summed E-state index contributed by atoms with van der Waals surface area (Å²) in [6.45, 7) is 5.60. The van der Waals surface area contributed by atoms with E-state index in [1.54, 1.807) is 12.6 Å². The van der Waals surface area contributed by atoms with Crippen LogP contribution in [0.3, 0.4) is 0 Å². The van der Waals surface area contributed by atoms with E-state index in [-0.39, 0.29) is 18.7 Å². The highest BCUT2D eigenvalue weighted by Gasteiger charge is 2.26. The molecule has 2 heterocycles. The number of nitrogens with zero attached hydrogens (tertiary/aromatic N) is 2. The van der Waals surface area contributed by atoms with Gasteiger partial charge in [0.05, 0.1) is 17.2 Å². The summed E-state index contributed by atoms with van der Waals surface area (Å²) in [5.41, 5.74) is 3.27. The molecule has 0 saturated heterocycles. The number of hydrogen-bond acceptors (Lipinski definition) is 6. The SMILES string of the molecule is CC(C)(C)OC(=O)CO[C@@H]1CCC[C@H](Cc2ncnc3occ(-c4ccccc4)c23)C1. The number of esters is 1. The molecule has 0 amide bonds. The average Bonchev–Trinajstić information content (AvgIpc) is 3.17. The van der Waals surface area contributed by atoms with Crippen molar-refractivity contribution in [3.8, 4) is 11.1 Å². The number of aromatic nitrogens is 2. The Kier molecular flexibility index (Phi) is 6.37. The first kappa shape index (κ1) is 21.5. The molecule has 1 aliphatic carbocycles. The number of carbonyl (C=O) groups is 1. The normalized spacial score (nSPS) is 19.5. The Hall–Kier alpha value is -2.73. The first-order valence-corrected chi connectivity index (χ1v) is 11.0. The molecule has 6 heteroatoms. The molecule has 164 valence electrons. The second-order valence-corrected chi connectivity index (χ2v) is 9.27. The van der Waals surface area contributed by atoms with Gasteiger partial charge in [0.2, 0.25) is 5.71 Å². The average molecular weight is 423 g/mol. The van der Waals surface area contributed by atoms with Gasteiger partial charge < -0.3 is 13.9 Å². The summed E-state index contributed by atoms with van der Waals surface area (Å²) in [4.78, 5) is 20.9. The molecule has 2 atom stereocenters. The lowest BCUT2D eigenvalue weighted by atomic mass is 9.83. The van der Waals surface area contributed by atoms with Crippen LogP contribution in [0.2, 0.25) is 0 Å². The van der Waals surface area contributed by atoms with Gasteiger partial charge in [-0.15, -0.1) is 0 Å². The summed E-state index contributed by atoms with van der Waals surface area (Å²) in [7, 11) is 0. The molecular weight excluding hydrogens is 392 g/mol. The third-order valence-electron chi connectivity index (χ3n) is 5.61. The van der Waals surface area contributed by atoms with E-state index in [0.29, 0.717) is 11.6 Å². The molecule has 0 unspecified atom stereocenters. The number of carbonyl (C=O) groups excluding carboxylic acids is 1. The lowest BCUT2D eigenvalue weighted by Gasteiger charge is -2.29. The van der Waals surface area contributed by atoms with Gasteiger partial charge in [0, 0.05) is 5.56 Å². The van der Waals surface area contributed by atoms with Crippen molar-refractivity contribution >= 4 is 17.1 Å². The number of rotatable bonds is 6. The zero-order chi connectivity index (χ0) is 21.8. The van der Waals surface area contributed by atoms with Crippen molar-refractivity contribution in [3.63, 3.8) is 0 Å². The van der Waals surface area contributed by atoms with E-state index in [1.807, 2.05) is 39.0 Å². The molecule has 1 aliphatic rings. The Morgan fingerprint density at radius 2 is 1.97 bits per heavy atom. The molecule has 0 aliphatic heterocycles. The Labute approximate surface area is 183 Å². The van der Waals surface area contributed by atoms with E-state index in [1.165, 1.54) is 0 Å². The summed E-state index contributed by atoms with van der Waals surface area (Å²) >= 11 is 0. The summed E-state index contributed by atoms with van der Waals surface area (Å²) in [6.07, 6.45) is 8.34. The van der Waals surface area contributed by atoms with Crippen molar-refractivity contribution in [3.05, 3.63) is 48.6 Å². The second-order valence-electron chi connectivity index (χ2n) is 9.27. The molecule has 0 radical (unpaired) electrons. The van der Waals surface area contributed by atoms with Crippen molar-refractivity contribution in [2.75, 3.05) is 6.61 Å². The highest BCUT2D eigenvalue weighted by Crippen LogP contribution is 2.35. The van der Waals surface area contributed by atoms with Crippen molar-refractivity contribution in [1.29, 1.82) is 0 Å². The van der Waals surface area contributed by atoms with Crippen LogP contribution in [0.25, 0.3) is 22.2 Å². The number of hydrogen-bond donors (Lipinski definition) is 0. The quantitative estimate of drug-likeness (QED) is 0.499. The van der Waals surface area contributed by atoms with Crippen molar-refractivity contribution < 1.29 is 18.7 Å². The van der Waals surface area contributed by atoms with Gasteiger partial charge in [0.25, 0.3) is 0 Å². The topological polar surface area (TPSA) is 74.5 Å². The Bertz CT molecular complexity index is 1020. The lowest BCUT2D eigenvalue weighted by Crippen LogP contribution is -2.30. The van der Waals surface area contributed by atoms with Gasteiger partial charge in [0.1, 0.15) is 24.8 Å². The van der Waals surface area contributed by atoms with Crippen LogP contribution < -0.4 is 0 Å². The van der Waals surface area contributed by atoms with Gasteiger partial charge in [0.15, 0.2) is 0 Å². The predicted octanol–water partition coefficient (Wildman–Crippen LogP) is 5.35. The molecule has 0 N–H and O–H groups in total. The number of fused-ring (bicyclic) bond motifs is 1. The second kappa shape index (κ2) is 9.18. The van der Waals surface area contributed by atoms with Crippen LogP contribution in [0, 0.1) is 5.92 Å². The fraction of sp³-hybridized carbons (Fsp3) is 0.480. The van der Waals surface area contributed by atoms with Crippen molar-refractivity contribution in [2.45, 2.75) is 64.6 Å². The van der Waals surface area contributed by atoms with Gasteiger partial charge in [-0.1, -0.05) is 36.8 Å². The van der Waals surface area contributed by atoms with Crippen LogP contribution in [0.1, 0.15) is 52.1 Å². The van der Waals surface area contributed by atoms with Gasteiger partial charge in [-0.2, -0.15) is 0 Å². The predicted molar refractivity (Wildman–Crippen MR) is 118 cm³/mol. The molecule has 1 saturated carbocycles. The van der Waals surface area contributed by atoms with Crippen LogP contribution in [0.4, 0.5) is 0 Å². The van der Waals surface area contributed by atoms with Gasteiger partial charge in [-0.25, -0.2) is 14.8 Å². The molecule has 0 bridgehead atoms. The minimum atomic E-state index is -0.491. The highest BCUT2D eigenvalue weighted by atomic mass is 16.6. The van der Waals surface area contributed by atoms with E-state index in [2.05, 4.69) is 22.1 Å². The fourth-order valence-electron chi connectivity index (χ4n) is 4.33. The largest absolute Gasteiger partial charge is 0.458 e. The highest BCUT2D eigenvalue weighted by molar-refractivity contribution is 5.93. The van der Waals surface area contributed by atoms with Crippen molar-refractivity contribution in [2.24, 2.45) is 5.92 Å². The molecule has 1 aromatic carbocycles. The van der Waals surface area contributed by atoms with E-state index in [9.17, 15) is 4.79 Å². The summed E-state index contributed by atoms with van der Waals surface area (Å²) in [6, 6.07) is 10.2. The number of benzene rings is 1. The third-order valence-corrected chi connectivity index (χ3v) is 5.61. The Balaban J connectivity index is 1.44. The van der Waals surface area contributed by atoms with Crippen molar-refractivity contribution in [1.82, 2.24) is 9.97 Å². The monoisotopic (exact) mass is 422 g/mol. The Morgan fingerprint density at radius 3 is 2.74 bits per heavy atom. The molecule has 1 fully saturated rings. The molecule has 0 spiro atoms. The zero-order valence-electron chi connectivity index (χ0n) is 18.5. The van der Waals surface area contributed by atoms with E-state index in [0.717, 1.165) is 54.3 Å². The van der Waals surface area contributed by atoms with E-state index in [4.69, 9.17) is 13.9 Å². The van der Waals surface area contributed by atoms with Crippen LogP contribution in [0.15, 0.2) is 47.3 Å². The summed E-state index contributed by atoms with van der Waals surface area (Å²) in [5.74, 6) is 0.132. The maximum atomic E-state index is 12.0. The lowest BCUT2D eigenvalue weighted by molar-refractivity contribution is -0.163. The van der Waals surface area contributed by atoms with Gasteiger partial charge in [-0.3, -0.25) is 0 Å². The van der Waals surface area contributed by atoms with Crippen LogP contribution in [-0.2, 0) is 20.7 Å². The maximum absolute atomic E-state index is 12.0. The molecule has 6 nitrogen and oxygen atoms in total. The standard InChI is InChI=1S/C25H30N2O4/c1-25(2,3)31-22(28)15-29-19-11-7-8-17(12-19)13-21-23-20(18-9-5-4-6-10-18)14-30-24(23)27-16-26-21/h4-6,9-10,14,16-17,19H,7-8,11-13,15H2,1-3H3/t17-,19+/m0/s1. The molecule has 2 aromatic heterocycles.